The van der Waals surface area contributed by atoms with Crippen LogP contribution in [0.3, 0.4) is 0 Å². The molecule has 0 heterocycles. The van der Waals surface area contributed by atoms with E-state index >= 15 is 0 Å². The topological polar surface area (TPSA) is 14.0 Å². The Morgan fingerprint density at radius 2 is 0.881 bits per heavy atom. The van der Waals surface area contributed by atoms with Crippen LogP contribution in [-0.2, 0) is 22.8 Å². The summed E-state index contributed by atoms with van der Waals surface area (Å²) >= 11 is 0. The van der Waals surface area contributed by atoms with E-state index < -0.39 is 0 Å². The van der Waals surface area contributed by atoms with Crippen LogP contribution in [0.1, 0.15) is 98.9 Å². The lowest BCUT2D eigenvalue weighted by atomic mass is 9.72. The summed E-state index contributed by atoms with van der Waals surface area (Å²) in [4.78, 5) is 3.39. The van der Waals surface area contributed by atoms with E-state index in [0.717, 1.165) is 6.54 Å². The Kier molecular flexibility index (Phi) is 9.40. The van der Waals surface area contributed by atoms with Crippen LogP contribution in [0.15, 0.2) is 188 Å². The van der Waals surface area contributed by atoms with Crippen LogP contribution in [0, 0.1) is 5.92 Å². The lowest BCUT2D eigenvalue weighted by Crippen LogP contribution is -2.66. The summed E-state index contributed by atoms with van der Waals surface area (Å²) in [6, 6.07) is 64.6. The molecule has 0 saturated heterocycles. The first-order valence-electron chi connectivity index (χ1n) is 24.3. The monoisotopic (exact) mass is 864 g/mol. The number of rotatable bonds is 7. The van der Waals surface area contributed by atoms with Gasteiger partial charge in [0.05, 0.1) is 0 Å². The Balaban J connectivity index is 0.840. The average Bonchev–Trinajstić information content (AvgIpc) is 3.84. The zero-order chi connectivity index (χ0) is 45.8. The molecule has 4 aliphatic rings. The van der Waals surface area contributed by atoms with Gasteiger partial charge in [0.1, 0.15) is 6.21 Å². The van der Waals surface area contributed by atoms with Gasteiger partial charge in [-0.05, 0) is 165 Å². The minimum atomic E-state index is -0.153. The molecule has 0 spiro atoms. The minimum absolute atomic E-state index is 0.0283. The third kappa shape index (κ3) is 6.53. The highest BCUT2D eigenvalue weighted by molar-refractivity contribution is 5.89. The molecular formula is C66H58N+. The Morgan fingerprint density at radius 3 is 1.43 bits per heavy atom. The molecule has 0 bridgehead atoms. The van der Waals surface area contributed by atoms with Crippen molar-refractivity contribution in [2.24, 2.45) is 5.92 Å². The number of hydrogen-bond acceptors (Lipinski definition) is 0. The molecule has 326 valence electrons. The predicted molar refractivity (Wildman–Crippen MR) is 283 cm³/mol. The quantitative estimate of drug-likeness (QED) is 0.153. The van der Waals surface area contributed by atoms with Gasteiger partial charge in [-0.15, -0.1) is 0 Å². The zero-order valence-electron chi connectivity index (χ0n) is 39.8. The van der Waals surface area contributed by atoms with Crippen molar-refractivity contribution >= 4 is 11.8 Å². The summed E-state index contributed by atoms with van der Waals surface area (Å²) in [7, 11) is 0. The number of hydrogen-bond donors (Lipinski definition) is 1. The highest BCUT2D eigenvalue weighted by Gasteiger charge is 2.46. The molecule has 8 aromatic rings. The first-order valence-corrected chi connectivity index (χ1v) is 24.3. The highest BCUT2D eigenvalue weighted by atomic mass is 14.7. The summed E-state index contributed by atoms with van der Waals surface area (Å²) in [5.41, 5.74) is 27.8. The fourth-order valence-corrected chi connectivity index (χ4v) is 12.4. The first-order chi connectivity index (χ1) is 32.4. The van der Waals surface area contributed by atoms with E-state index in [2.05, 4.69) is 235 Å². The first kappa shape index (κ1) is 41.3. The van der Waals surface area contributed by atoms with Crippen molar-refractivity contribution in [1.82, 2.24) is 0 Å². The molecule has 2 unspecified atom stereocenters. The molecule has 0 fully saturated rings. The van der Waals surface area contributed by atoms with Gasteiger partial charge in [-0.3, -0.25) is 0 Å². The third-order valence-corrected chi connectivity index (χ3v) is 16.2. The van der Waals surface area contributed by atoms with Crippen molar-refractivity contribution in [2.75, 3.05) is 0 Å². The predicted octanol–water partition coefficient (Wildman–Crippen LogP) is 15.3. The molecule has 1 nitrogen and oxygen atoms in total. The smallest absolute Gasteiger partial charge is 0.165 e. The third-order valence-electron chi connectivity index (χ3n) is 16.2. The van der Waals surface area contributed by atoms with Gasteiger partial charge in [-0.25, -0.2) is 4.99 Å². The fraction of sp³-hybridized carbons (Fsp3) is 0.197. The van der Waals surface area contributed by atoms with Crippen LogP contribution < -0.4 is 4.99 Å². The number of benzene rings is 8. The molecule has 8 aromatic carbocycles. The van der Waals surface area contributed by atoms with Crippen LogP contribution in [0.25, 0.3) is 72.3 Å². The van der Waals surface area contributed by atoms with Crippen molar-refractivity contribution in [1.29, 1.82) is 0 Å². The summed E-state index contributed by atoms with van der Waals surface area (Å²) in [6.45, 7) is 17.5. The molecule has 12 rings (SSSR count). The largest absolute Gasteiger partial charge is 0.248 e. The Hall–Kier alpha value is -7.09. The molecule has 67 heavy (non-hydrogen) atoms. The van der Waals surface area contributed by atoms with Crippen LogP contribution in [0.2, 0.25) is 0 Å². The lowest BCUT2D eigenvalue weighted by molar-refractivity contribution is -0.470. The maximum absolute atomic E-state index is 3.39. The van der Waals surface area contributed by atoms with Gasteiger partial charge < -0.3 is 0 Å². The SMILES string of the molecule is CC=[NH+]Cc1ccc2c(c1)C(C)(C)c1cc(-c3ccc4c(c3)C(C)(C)C3C=C(c5ccc6c(c5)C(C)(C)c5cc(-c7cc(-c8ccccc8)cc(-c8ccccc8)c7)ccc5-6)C=CC43)ccc1-2. The van der Waals surface area contributed by atoms with Crippen LogP contribution >= 0.6 is 0 Å². The van der Waals surface area contributed by atoms with Gasteiger partial charge in [0.15, 0.2) is 6.54 Å². The molecule has 0 radical (unpaired) electrons. The van der Waals surface area contributed by atoms with E-state index in [9.17, 15) is 0 Å². The second kappa shape index (κ2) is 15.2. The average molecular weight is 865 g/mol. The zero-order valence-corrected chi connectivity index (χ0v) is 39.8. The Labute approximate surface area is 397 Å². The van der Waals surface area contributed by atoms with Crippen molar-refractivity contribution in [3.63, 3.8) is 0 Å². The summed E-state index contributed by atoms with van der Waals surface area (Å²) in [5.74, 6) is 0.732. The molecule has 1 heteroatoms. The Bertz CT molecular complexity index is 3350. The van der Waals surface area contributed by atoms with Gasteiger partial charge in [0.25, 0.3) is 0 Å². The molecule has 2 atom stereocenters. The second-order valence-corrected chi connectivity index (χ2v) is 21.2. The van der Waals surface area contributed by atoms with E-state index in [1.165, 1.54) is 117 Å². The standard InChI is InChI=1S/C66H57N/c1-8-67-40-41-19-25-52-53-26-20-44(35-59(53)64(2,3)58(52)31-41)45-21-27-54-55-28-22-46(37-61(55)65(4,5)60(54)36-45)47-23-29-56-57-30-24-48(39-63(57)66(6,7)62(56)38-47)51-33-49(42-15-11-9-12-16-42)32-50(34-51)43-17-13-10-14-18-43/h8-39,55,61H,40H2,1-7H3/p+1. The van der Waals surface area contributed by atoms with E-state index in [-0.39, 0.29) is 16.2 Å². The lowest BCUT2D eigenvalue weighted by Gasteiger charge is -2.31. The van der Waals surface area contributed by atoms with Crippen molar-refractivity contribution in [3.8, 4) is 66.8 Å². The van der Waals surface area contributed by atoms with Crippen molar-refractivity contribution < 1.29 is 4.99 Å². The number of allylic oxidation sites excluding steroid dienone is 4. The van der Waals surface area contributed by atoms with Crippen molar-refractivity contribution in [2.45, 2.75) is 77.2 Å². The summed E-state index contributed by atoms with van der Waals surface area (Å²) in [6.07, 6.45) is 9.52. The van der Waals surface area contributed by atoms with E-state index in [1.54, 1.807) is 0 Å². The van der Waals surface area contributed by atoms with Crippen LogP contribution in [0.5, 0.6) is 0 Å². The fourth-order valence-electron chi connectivity index (χ4n) is 12.4. The van der Waals surface area contributed by atoms with Crippen molar-refractivity contribution in [3.05, 3.63) is 233 Å². The van der Waals surface area contributed by atoms with Gasteiger partial charge in [-0.2, -0.15) is 0 Å². The summed E-state index contributed by atoms with van der Waals surface area (Å²) in [5, 5.41) is 0. The molecule has 0 aliphatic heterocycles. The van der Waals surface area contributed by atoms with Crippen LogP contribution in [0.4, 0.5) is 0 Å². The second-order valence-electron chi connectivity index (χ2n) is 21.2. The number of nitrogens with one attached hydrogen (secondary N) is 1. The van der Waals surface area contributed by atoms with Gasteiger partial charge >= 0.3 is 0 Å². The highest BCUT2D eigenvalue weighted by Crippen LogP contribution is 2.57. The molecule has 0 saturated carbocycles. The van der Waals surface area contributed by atoms with Gasteiger partial charge in [0, 0.05) is 29.2 Å². The maximum Gasteiger partial charge on any atom is 0.165 e. The van der Waals surface area contributed by atoms with Gasteiger partial charge in [-0.1, -0.05) is 187 Å². The molecule has 0 amide bonds. The normalized spacial score (nSPS) is 18.5. The van der Waals surface area contributed by atoms with Crippen LogP contribution in [-0.4, -0.2) is 6.21 Å². The molecular weight excluding hydrogens is 807 g/mol. The van der Waals surface area contributed by atoms with Gasteiger partial charge in [0.2, 0.25) is 0 Å². The molecule has 4 aliphatic carbocycles. The van der Waals surface area contributed by atoms with E-state index in [0.29, 0.717) is 11.8 Å². The number of fused-ring (bicyclic) bond motifs is 9. The van der Waals surface area contributed by atoms with E-state index in [1.807, 2.05) is 13.1 Å². The maximum atomic E-state index is 3.39. The van der Waals surface area contributed by atoms with E-state index in [4.69, 9.17) is 0 Å². The Morgan fingerprint density at radius 1 is 0.433 bits per heavy atom. The molecule has 1 N–H and O–H groups in total. The molecule has 0 aromatic heterocycles. The summed E-state index contributed by atoms with van der Waals surface area (Å²) < 4.78 is 0. The minimum Gasteiger partial charge on any atom is -0.248 e.